The minimum Gasteiger partial charge on any atom is -0.351 e. The number of rotatable bonds is 5. The fourth-order valence-electron chi connectivity index (χ4n) is 2.97. The molecule has 0 unspecified atom stereocenters. The van der Waals surface area contributed by atoms with Crippen molar-refractivity contribution >= 4 is 22.9 Å². The monoisotopic (exact) mass is 345 g/mol. The van der Waals surface area contributed by atoms with Crippen LogP contribution in [0.1, 0.15) is 29.9 Å². The largest absolute Gasteiger partial charge is 0.351 e. The van der Waals surface area contributed by atoms with Crippen LogP contribution >= 0.6 is 0 Å². The highest BCUT2D eigenvalue weighted by Crippen LogP contribution is 2.18. The molecule has 3 heterocycles. The quantitative estimate of drug-likeness (QED) is 0.857. The predicted octanol–water partition coefficient (Wildman–Crippen LogP) is 0.679. The van der Waals surface area contributed by atoms with E-state index in [0.717, 1.165) is 50.2 Å². The van der Waals surface area contributed by atoms with Crippen molar-refractivity contribution in [3.05, 3.63) is 23.5 Å². The van der Waals surface area contributed by atoms with Crippen molar-refractivity contribution in [3.8, 4) is 0 Å². The predicted molar refractivity (Wildman–Crippen MR) is 92.2 cm³/mol. The molecule has 8 heteroatoms. The Morgan fingerprint density at radius 1 is 1.28 bits per heavy atom. The van der Waals surface area contributed by atoms with Gasteiger partial charge in [0.2, 0.25) is 5.91 Å². The molecule has 1 aliphatic heterocycles. The minimum atomic E-state index is -0.153. The van der Waals surface area contributed by atoms with E-state index >= 15 is 0 Å². The third kappa shape index (κ3) is 3.96. The zero-order chi connectivity index (χ0) is 17.8. The van der Waals surface area contributed by atoms with Crippen LogP contribution in [0.2, 0.25) is 0 Å². The van der Waals surface area contributed by atoms with Gasteiger partial charge in [0.15, 0.2) is 0 Å². The lowest BCUT2D eigenvalue weighted by atomic mass is 10.1. The van der Waals surface area contributed by atoms with Gasteiger partial charge < -0.3 is 14.7 Å². The highest BCUT2D eigenvalue weighted by Gasteiger charge is 2.18. The van der Waals surface area contributed by atoms with Gasteiger partial charge in [-0.15, -0.1) is 0 Å². The molecule has 0 saturated carbocycles. The molecule has 134 valence electrons. The first-order valence-corrected chi connectivity index (χ1v) is 8.59. The Hall–Kier alpha value is -2.48. The van der Waals surface area contributed by atoms with E-state index in [4.69, 9.17) is 4.52 Å². The Morgan fingerprint density at radius 3 is 2.72 bits per heavy atom. The van der Waals surface area contributed by atoms with Gasteiger partial charge in [0.1, 0.15) is 0 Å². The maximum atomic E-state index is 12.3. The smallest absolute Gasteiger partial charge is 0.257 e. The molecule has 25 heavy (non-hydrogen) atoms. The summed E-state index contributed by atoms with van der Waals surface area (Å²) in [5, 5.41) is 7.66. The van der Waals surface area contributed by atoms with Crippen molar-refractivity contribution in [1.29, 1.82) is 0 Å². The van der Waals surface area contributed by atoms with Crippen LogP contribution in [0.25, 0.3) is 11.1 Å². The highest BCUT2D eigenvalue weighted by molar-refractivity contribution is 5.96. The van der Waals surface area contributed by atoms with Crippen molar-refractivity contribution in [1.82, 2.24) is 25.3 Å². The average molecular weight is 345 g/mol. The van der Waals surface area contributed by atoms with Gasteiger partial charge in [0.25, 0.3) is 11.6 Å². The van der Waals surface area contributed by atoms with Crippen LogP contribution in [0.4, 0.5) is 0 Å². The third-order valence-corrected chi connectivity index (χ3v) is 4.53. The number of carbonyl (C=O) groups is 2. The van der Waals surface area contributed by atoms with Crippen LogP contribution < -0.4 is 5.32 Å². The van der Waals surface area contributed by atoms with Gasteiger partial charge in [0.05, 0.1) is 16.6 Å². The average Bonchev–Trinajstić information content (AvgIpc) is 3.04. The lowest BCUT2D eigenvalue weighted by Gasteiger charge is -2.34. The number of aromatic nitrogens is 2. The molecule has 0 aromatic carbocycles. The Morgan fingerprint density at radius 2 is 2.04 bits per heavy atom. The van der Waals surface area contributed by atoms with Crippen molar-refractivity contribution in [3.63, 3.8) is 0 Å². The molecule has 8 nitrogen and oxygen atoms in total. The van der Waals surface area contributed by atoms with Gasteiger partial charge in [-0.2, -0.15) is 0 Å². The summed E-state index contributed by atoms with van der Waals surface area (Å²) in [6.45, 7) is 8.07. The summed E-state index contributed by atoms with van der Waals surface area (Å²) in [5.74, 6) is -0.0314. The van der Waals surface area contributed by atoms with Gasteiger partial charge >= 0.3 is 0 Å². The van der Waals surface area contributed by atoms with Crippen molar-refractivity contribution in [2.75, 3.05) is 39.3 Å². The van der Waals surface area contributed by atoms with Gasteiger partial charge in [-0.05, 0) is 12.5 Å². The normalized spacial score (nSPS) is 15.5. The summed E-state index contributed by atoms with van der Waals surface area (Å²) >= 11 is 0. The molecular weight excluding hydrogens is 322 g/mol. The highest BCUT2D eigenvalue weighted by atomic mass is 16.5. The second kappa shape index (κ2) is 7.60. The van der Waals surface area contributed by atoms with E-state index in [1.54, 1.807) is 13.0 Å². The first kappa shape index (κ1) is 17.3. The Kier molecular flexibility index (Phi) is 5.28. The lowest BCUT2D eigenvalue weighted by Crippen LogP contribution is -2.49. The molecule has 0 bridgehead atoms. The summed E-state index contributed by atoms with van der Waals surface area (Å²) in [7, 11) is 0. The van der Waals surface area contributed by atoms with E-state index in [9.17, 15) is 9.59 Å². The van der Waals surface area contributed by atoms with Crippen molar-refractivity contribution in [2.45, 2.75) is 20.3 Å². The summed E-state index contributed by atoms with van der Waals surface area (Å²) in [6.07, 6.45) is 2.24. The van der Waals surface area contributed by atoms with Gasteiger partial charge in [-0.1, -0.05) is 12.1 Å². The number of fused-ring (bicyclic) bond motifs is 1. The zero-order valence-corrected chi connectivity index (χ0v) is 14.6. The first-order valence-electron chi connectivity index (χ1n) is 8.59. The number of hydrogen-bond acceptors (Lipinski definition) is 6. The third-order valence-electron chi connectivity index (χ3n) is 4.53. The standard InChI is InChI=1S/C17H23N5O3/c1-3-15-14-10-13(11-19-17(14)25-20-15)16(24)18-4-5-21-6-8-22(9-7-21)12(2)23/h10-11H,3-9H2,1-2H3,(H,18,24). The second-order valence-corrected chi connectivity index (χ2v) is 6.16. The molecule has 2 amide bonds. The number of amides is 2. The van der Waals surface area contributed by atoms with E-state index in [2.05, 4.69) is 20.4 Å². The number of nitrogens with zero attached hydrogens (tertiary/aromatic N) is 4. The van der Waals surface area contributed by atoms with Crippen LogP contribution in [0, 0.1) is 0 Å². The molecule has 0 spiro atoms. The molecule has 2 aromatic heterocycles. The molecule has 2 aromatic rings. The molecule has 3 rings (SSSR count). The van der Waals surface area contributed by atoms with Crippen LogP contribution in [0.15, 0.2) is 16.8 Å². The lowest BCUT2D eigenvalue weighted by molar-refractivity contribution is -0.130. The fraction of sp³-hybridized carbons (Fsp3) is 0.529. The maximum Gasteiger partial charge on any atom is 0.257 e. The number of hydrogen-bond donors (Lipinski definition) is 1. The summed E-state index contributed by atoms with van der Waals surface area (Å²) < 4.78 is 5.13. The van der Waals surface area contributed by atoms with Gasteiger partial charge in [0, 0.05) is 52.4 Å². The van der Waals surface area contributed by atoms with E-state index in [1.165, 1.54) is 6.20 Å². The Labute approximate surface area is 146 Å². The first-order chi connectivity index (χ1) is 12.1. The summed E-state index contributed by atoms with van der Waals surface area (Å²) in [5.41, 5.74) is 1.77. The minimum absolute atomic E-state index is 0.121. The topological polar surface area (TPSA) is 91.6 Å². The summed E-state index contributed by atoms with van der Waals surface area (Å²) in [6, 6.07) is 1.78. The van der Waals surface area contributed by atoms with Crippen molar-refractivity contribution < 1.29 is 14.1 Å². The number of nitrogens with one attached hydrogen (secondary N) is 1. The van der Waals surface area contributed by atoms with E-state index < -0.39 is 0 Å². The maximum absolute atomic E-state index is 12.3. The number of pyridine rings is 1. The van der Waals surface area contributed by atoms with Crippen LogP contribution in [-0.2, 0) is 11.2 Å². The SMILES string of the molecule is CCc1noc2ncc(C(=O)NCCN3CCN(C(C)=O)CC3)cc12. The van der Waals surface area contributed by atoms with Crippen LogP contribution in [-0.4, -0.2) is 71.0 Å². The molecule has 0 atom stereocenters. The number of carbonyl (C=O) groups excluding carboxylic acids is 2. The summed E-state index contributed by atoms with van der Waals surface area (Å²) in [4.78, 5) is 31.9. The Balaban J connectivity index is 1.50. The molecule has 1 aliphatic rings. The fourth-order valence-corrected chi connectivity index (χ4v) is 2.97. The molecule has 0 radical (unpaired) electrons. The molecular formula is C17H23N5O3. The van der Waals surface area contributed by atoms with Gasteiger partial charge in [-0.25, -0.2) is 4.98 Å². The van der Waals surface area contributed by atoms with E-state index in [0.29, 0.717) is 17.8 Å². The second-order valence-electron chi connectivity index (χ2n) is 6.16. The molecule has 1 N–H and O–H groups in total. The van der Waals surface area contributed by atoms with Crippen LogP contribution in [0.3, 0.4) is 0 Å². The van der Waals surface area contributed by atoms with E-state index in [-0.39, 0.29) is 11.8 Å². The van der Waals surface area contributed by atoms with Crippen molar-refractivity contribution in [2.24, 2.45) is 0 Å². The molecule has 1 fully saturated rings. The zero-order valence-electron chi connectivity index (χ0n) is 14.6. The van der Waals surface area contributed by atoms with Crippen LogP contribution in [0.5, 0.6) is 0 Å². The number of piperazine rings is 1. The Bertz CT molecular complexity index is 765. The van der Waals surface area contributed by atoms with Gasteiger partial charge in [-0.3, -0.25) is 14.5 Å². The van der Waals surface area contributed by atoms with E-state index in [1.807, 2.05) is 11.8 Å². The molecule has 1 saturated heterocycles. The molecule has 0 aliphatic carbocycles. The number of aryl methyl sites for hydroxylation is 1.